The van der Waals surface area contributed by atoms with E-state index in [1.807, 2.05) is 73.7 Å². The fourth-order valence-corrected chi connectivity index (χ4v) is 3.47. The third kappa shape index (κ3) is 7.27. The van der Waals surface area contributed by atoms with E-state index < -0.39 is 6.04 Å². The summed E-state index contributed by atoms with van der Waals surface area (Å²) in [6.45, 7) is 6.39. The number of benzene rings is 2. The summed E-state index contributed by atoms with van der Waals surface area (Å²) in [5, 5.41) is 0. The SMILES string of the molecule is C=CCCCCC(COC)C(N=C(c1ccccc1)c1ccccc1)C(=O)OCC. The first-order chi connectivity index (χ1) is 14.7. The van der Waals surface area contributed by atoms with Crippen LogP contribution in [0.1, 0.15) is 43.7 Å². The molecule has 0 heterocycles. The van der Waals surface area contributed by atoms with E-state index in [2.05, 4.69) is 6.58 Å². The molecule has 4 nitrogen and oxygen atoms in total. The van der Waals surface area contributed by atoms with Gasteiger partial charge in [-0.15, -0.1) is 6.58 Å². The molecule has 2 aromatic carbocycles. The Morgan fingerprint density at radius 2 is 1.63 bits per heavy atom. The smallest absolute Gasteiger partial charge is 0.331 e. The lowest BCUT2D eigenvalue weighted by atomic mass is 9.93. The third-order valence-corrected chi connectivity index (χ3v) is 4.95. The molecule has 2 aromatic rings. The maximum absolute atomic E-state index is 12.9. The molecule has 160 valence electrons. The van der Waals surface area contributed by atoms with Crippen molar-refractivity contribution in [1.82, 2.24) is 0 Å². The van der Waals surface area contributed by atoms with Crippen LogP contribution >= 0.6 is 0 Å². The van der Waals surface area contributed by atoms with E-state index in [0.717, 1.165) is 42.5 Å². The molecular weight excluding hydrogens is 374 g/mol. The molecule has 30 heavy (non-hydrogen) atoms. The largest absolute Gasteiger partial charge is 0.464 e. The highest BCUT2D eigenvalue weighted by Crippen LogP contribution is 2.22. The number of carbonyl (C=O) groups is 1. The molecule has 0 saturated heterocycles. The molecule has 2 unspecified atom stereocenters. The van der Waals surface area contributed by atoms with Gasteiger partial charge >= 0.3 is 5.97 Å². The Kier molecular flexibility index (Phi) is 10.6. The first-order valence-corrected chi connectivity index (χ1v) is 10.7. The van der Waals surface area contributed by atoms with Crippen molar-refractivity contribution >= 4 is 11.7 Å². The number of carbonyl (C=O) groups excluding carboxylic acids is 1. The van der Waals surface area contributed by atoms with Gasteiger partial charge in [0.25, 0.3) is 0 Å². The van der Waals surface area contributed by atoms with Gasteiger partial charge in [0, 0.05) is 24.2 Å². The predicted molar refractivity (Wildman–Crippen MR) is 123 cm³/mol. The highest BCUT2D eigenvalue weighted by Gasteiger charge is 2.30. The van der Waals surface area contributed by atoms with Crippen molar-refractivity contribution in [2.75, 3.05) is 20.3 Å². The summed E-state index contributed by atoms with van der Waals surface area (Å²) in [7, 11) is 1.66. The van der Waals surface area contributed by atoms with Crippen LogP contribution in [0.5, 0.6) is 0 Å². The minimum absolute atomic E-state index is 0.0544. The number of rotatable bonds is 13. The third-order valence-electron chi connectivity index (χ3n) is 4.95. The first kappa shape index (κ1) is 23.6. The van der Waals surface area contributed by atoms with Gasteiger partial charge in [0.15, 0.2) is 6.04 Å². The van der Waals surface area contributed by atoms with Gasteiger partial charge in [0.05, 0.1) is 18.9 Å². The maximum Gasteiger partial charge on any atom is 0.331 e. The standard InChI is InChI=1S/C26H33NO3/c1-4-6-7-10-19-23(20-29-3)25(26(28)30-5-2)27-24(21-15-11-8-12-16-21)22-17-13-9-14-18-22/h4,8-9,11-18,23,25H,1,5-7,10,19-20H2,2-3H3. The Labute approximate surface area is 180 Å². The van der Waals surface area contributed by atoms with Crippen LogP contribution in [0.4, 0.5) is 0 Å². The van der Waals surface area contributed by atoms with Crippen molar-refractivity contribution < 1.29 is 14.3 Å². The van der Waals surface area contributed by atoms with Crippen molar-refractivity contribution in [2.24, 2.45) is 10.9 Å². The van der Waals surface area contributed by atoms with E-state index in [1.165, 1.54) is 0 Å². The molecule has 0 spiro atoms. The second kappa shape index (κ2) is 13.5. The fraction of sp³-hybridized carbons (Fsp3) is 0.385. The number of nitrogens with zero attached hydrogens (tertiary/aromatic N) is 1. The lowest BCUT2D eigenvalue weighted by molar-refractivity contribution is -0.146. The Hall–Kier alpha value is -2.72. The van der Waals surface area contributed by atoms with Crippen molar-refractivity contribution in [3.05, 3.63) is 84.4 Å². The molecule has 0 fully saturated rings. The van der Waals surface area contributed by atoms with Gasteiger partial charge in [-0.1, -0.05) is 73.2 Å². The zero-order valence-corrected chi connectivity index (χ0v) is 18.1. The van der Waals surface area contributed by atoms with E-state index in [-0.39, 0.29) is 11.9 Å². The quantitative estimate of drug-likeness (QED) is 0.192. The van der Waals surface area contributed by atoms with E-state index in [9.17, 15) is 4.79 Å². The van der Waals surface area contributed by atoms with Gasteiger partial charge in [-0.2, -0.15) is 0 Å². The van der Waals surface area contributed by atoms with Crippen molar-refractivity contribution in [3.63, 3.8) is 0 Å². The minimum Gasteiger partial charge on any atom is -0.464 e. The second-order valence-corrected chi connectivity index (χ2v) is 7.20. The summed E-state index contributed by atoms with van der Waals surface area (Å²) in [6, 6.07) is 19.3. The summed E-state index contributed by atoms with van der Waals surface area (Å²) in [5.74, 6) is -0.353. The zero-order valence-electron chi connectivity index (χ0n) is 18.1. The average Bonchev–Trinajstić information content (AvgIpc) is 2.78. The van der Waals surface area contributed by atoms with Gasteiger partial charge in [0.2, 0.25) is 0 Å². The second-order valence-electron chi connectivity index (χ2n) is 7.20. The Bertz CT molecular complexity index is 745. The van der Waals surface area contributed by atoms with Gasteiger partial charge in [-0.05, 0) is 26.2 Å². The van der Waals surface area contributed by atoms with Gasteiger partial charge in [-0.25, -0.2) is 4.79 Å². The highest BCUT2D eigenvalue weighted by atomic mass is 16.5. The summed E-state index contributed by atoms with van der Waals surface area (Å²) >= 11 is 0. The van der Waals surface area contributed by atoms with Crippen LogP contribution in [0.25, 0.3) is 0 Å². The van der Waals surface area contributed by atoms with E-state index in [0.29, 0.717) is 13.2 Å². The molecule has 2 rings (SSSR count). The minimum atomic E-state index is -0.621. The van der Waals surface area contributed by atoms with Crippen LogP contribution in [0, 0.1) is 5.92 Å². The number of unbranched alkanes of at least 4 members (excludes halogenated alkanes) is 2. The predicted octanol–water partition coefficient (Wildman–Crippen LogP) is 5.46. The van der Waals surface area contributed by atoms with E-state index in [1.54, 1.807) is 7.11 Å². The average molecular weight is 408 g/mol. The number of esters is 1. The highest BCUT2D eigenvalue weighted by molar-refractivity contribution is 6.13. The van der Waals surface area contributed by atoms with Crippen LogP contribution in [0.15, 0.2) is 78.3 Å². The Morgan fingerprint density at radius 1 is 1.03 bits per heavy atom. The molecule has 0 aliphatic carbocycles. The van der Waals surface area contributed by atoms with Crippen LogP contribution in [-0.4, -0.2) is 38.0 Å². The summed E-state index contributed by atoms with van der Waals surface area (Å²) in [5.41, 5.74) is 2.74. The molecule has 0 aliphatic heterocycles. The Morgan fingerprint density at radius 3 is 2.13 bits per heavy atom. The normalized spacial score (nSPS) is 12.6. The number of aliphatic imine (C=N–C) groups is 1. The molecular formula is C26H33NO3. The van der Waals surface area contributed by atoms with Crippen molar-refractivity contribution in [3.8, 4) is 0 Å². The molecule has 0 aromatic heterocycles. The molecule has 0 N–H and O–H groups in total. The lowest BCUT2D eigenvalue weighted by Crippen LogP contribution is -2.34. The maximum atomic E-state index is 12.9. The van der Waals surface area contributed by atoms with Crippen molar-refractivity contribution in [2.45, 2.75) is 38.6 Å². The van der Waals surface area contributed by atoms with Crippen molar-refractivity contribution in [1.29, 1.82) is 0 Å². The topological polar surface area (TPSA) is 47.9 Å². The van der Waals surface area contributed by atoms with Crippen LogP contribution in [0.2, 0.25) is 0 Å². The van der Waals surface area contributed by atoms with Gasteiger partial charge < -0.3 is 9.47 Å². The summed E-state index contributed by atoms with van der Waals surface area (Å²) < 4.78 is 10.9. The summed E-state index contributed by atoms with van der Waals surface area (Å²) in [6.07, 6.45) is 5.75. The number of hydrogen-bond acceptors (Lipinski definition) is 4. The molecule has 0 saturated carbocycles. The fourth-order valence-electron chi connectivity index (χ4n) is 3.47. The molecule has 0 bridgehead atoms. The molecule has 0 amide bonds. The summed E-state index contributed by atoms with van der Waals surface area (Å²) in [4.78, 5) is 17.9. The number of methoxy groups -OCH3 is 1. The Balaban J connectivity index is 2.45. The van der Waals surface area contributed by atoms with Crippen LogP contribution in [0.3, 0.4) is 0 Å². The molecule has 2 atom stereocenters. The molecule has 0 aliphatic rings. The lowest BCUT2D eigenvalue weighted by Gasteiger charge is -2.23. The number of allylic oxidation sites excluding steroid dienone is 1. The number of ether oxygens (including phenoxy) is 2. The number of hydrogen-bond donors (Lipinski definition) is 0. The van der Waals surface area contributed by atoms with E-state index >= 15 is 0 Å². The first-order valence-electron chi connectivity index (χ1n) is 10.7. The van der Waals surface area contributed by atoms with Gasteiger partial charge in [0.1, 0.15) is 0 Å². The van der Waals surface area contributed by atoms with E-state index in [4.69, 9.17) is 14.5 Å². The monoisotopic (exact) mass is 407 g/mol. The van der Waals surface area contributed by atoms with Gasteiger partial charge in [-0.3, -0.25) is 4.99 Å². The molecule has 0 radical (unpaired) electrons. The molecule has 4 heteroatoms. The zero-order chi connectivity index (χ0) is 21.6. The van der Waals surface area contributed by atoms with Crippen LogP contribution in [-0.2, 0) is 14.3 Å². The van der Waals surface area contributed by atoms with Crippen LogP contribution < -0.4 is 0 Å².